The molecule has 1 aromatic heterocycles. The van der Waals surface area contributed by atoms with Gasteiger partial charge in [0.15, 0.2) is 0 Å². The fourth-order valence-corrected chi connectivity index (χ4v) is 2.33. The Morgan fingerprint density at radius 2 is 1.89 bits per heavy atom. The first kappa shape index (κ1) is 14.8. The van der Waals surface area contributed by atoms with Crippen molar-refractivity contribution in [3.8, 4) is 0 Å². The number of hydrogen-bond donors (Lipinski definition) is 3. The van der Waals surface area contributed by atoms with Gasteiger partial charge in [-0.3, -0.25) is 5.43 Å². The predicted octanol–water partition coefficient (Wildman–Crippen LogP) is 0.621. The number of nitrogens with zero attached hydrogens (tertiary/aromatic N) is 2. The normalized spacial score (nSPS) is 11.4. The van der Waals surface area contributed by atoms with E-state index >= 15 is 0 Å². The molecule has 4 N–H and O–H groups in total. The molecule has 1 heterocycles. The van der Waals surface area contributed by atoms with Crippen LogP contribution in [0.25, 0.3) is 0 Å². The van der Waals surface area contributed by atoms with Crippen molar-refractivity contribution in [1.29, 1.82) is 0 Å². The van der Waals surface area contributed by atoms with Crippen LogP contribution < -0.4 is 16.0 Å². The van der Waals surface area contributed by atoms with Crippen LogP contribution in [0.3, 0.4) is 0 Å². The van der Waals surface area contributed by atoms with Crippen LogP contribution in [0.5, 0.6) is 0 Å². The highest BCUT2D eigenvalue weighted by Crippen LogP contribution is 2.07. The lowest BCUT2D eigenvalue weighted by molar-refractivity contribution is 0.573. The predicted molar refractivity (Wildman–Crippen MR) is 69.2 cm³/mol. The second-order valence-electron chi connectivity index (χ2n) is 3.85. The molecule has 0 saturated carbocycles. The summed E-state index contributed by atoms with van der Waals surface area (Å²) in [5.74, 6) is 5.27. The van der Waals surface area contributed by atoms with Gasteiger partial charge in [-0.05, 0) is 6.42 Å². The van der Waals surface area contributed by atoms with E-state index in [2.05, 4.69) is 27.0 Å². The van der Waals surface area contributed by atoms with Gasteiger partial charge in [-0.1, -0.05) is 26.2 Å². The third kappa shape index (κ3) is 4.55. The number of sulfonamides is 1. The molecule has 102 valence electrons. The van der Waals surface area contributed by atoms with Gasteiger partial charge in [-0.2, -0.15) is 0 Å². The van der Waals surface area contributed by atoms with E-state index in [0.717, 1.165) is 25.7 Å². The Hall–Kier alpha value is -1.25. The van der Waals surface area contributed by atoms with E-state index in [-0.39, 0.29) is 10.8 Å². The minimum Gasteiger partial charge on any atom is -0.292 e. The van der Waals surface area contributed by atoms with E-state index in [1.165, 1.54) is 12.4 Å². The van der Waals surface area contributed by atoms with Crippen LogP contribution in [0.15, 0.2) is 17.3 Å². The third-order valence-corrected chi connectivity index (χ3v) is 3.81. The lowest BCUT2D eigenvalue weighted by atomic mass is 10.2. The van der Waals surface area contributed by atoms with Crippen molar-refractivity contribution in [3.05, 3.63) is 12.4 Å². The summed E-state index contributed by atoms with van der Waals surface area (Å²) in [6.45, 7) is 2.54. The summed E-state index contributed by atoms with van der Waals surface area (Å²) >= 11 is 0. The maximum absolute atomic E-state index is 11.8. The van der Waals surface area contributed by atoms with Gasteiger partial charge in [-0.25, -0.2) is 29.0 Å². The highest BCUT2D eigenvalue weighted by molar-refractivity contribution is 7.89. The first-order valence-electron chi connectivity index (χ1n) is 5.88. The van der Waals surface area contributed by atoms with Crippen LogP contribution in [0.1, 0.15) is 32.6 Å². The highest BCUT2D eigenvalue weighted by atomic mass is 32.2. The maximum atomic E-state index is 11.8. The van der Waals surface area contributed by atoms with E-state index in [9.17, 15) is 8.42 Å². The van der Waals surface area contributed by atoms with Crippen molar-refractivity contribution in [3.63, 3.8) is 0 Å². The molecule has 0 unspecified atom stereocenters. The second-order valence-corrected chi connectivity index (χ2v) is 5.61. The van der Waals surface area contributed by atoms with Gasteiger partial charge in [0.05, 0.1) is 12.4 Å². The number of unbranched alkanes of at least 4 members (excludes halogenated alkanes) is 3. The second kappa shape index (κ2) is 7.24. The van der Waals surface area contributed by atoms with Gasteiger partial charge in [-0.15, -0.1) is 0 Å². The summed E-state index contributed by atoms with van der Waals surface area (Å²) in [7, 11) is -3.52. The SMILES string of the molecule is CCCCCCNS(=O)(=O)c1cnc(NN)nc1. The number of hydrazine groups is 1. The van der Waals surface area contributed by atoms with Crippen molar-refractivity contribution in [2.24, 2.45) is 5.84 Å². The molecule has 0 aliphatic rings. The van der Waals surface area contributed by atoms with Crippen molar-refractivity contribution in [2.45, 2.75) is 37.5 Å². The van der Waals surface area contributed by atoms with Gasteiger partial charge in [0, 0.05) is 6.54 Å². The van der Waals surface area contributed by atoms with E-state index in [1.54, 1.807) is 0 Å². The van der Waals surface area contributed by atoms with Gasteiger partial charge < -0.3 is 0 Å². The monoisotopic (exact) mass is 273 g/mol. The van der Waals surface area contributed by atoms with Crippen LogP contribution in [0.2, 0.25) is 0 Å². The number of hydrogen-bond acceptors (Lipinski definition) is 6. The quantitative estimate of drug-likeness (QED) is 0.364. The van der Waals surface area contributed by atoms with E-state index in [4.69, 9.17) is 5.84 Å². The fourth-order valence-electron chi connectivity index (χ4n) is 1.37. The lowest BCUT2D eigenvalue weighted by Crippen LogP contribution is -2.25. The zero-order valence-electron chi connectivity index (χ0n) is 10.4. The molecule has 18 heavy (non-hydrogen) atoms. The zero-order valence-corrected chi connectivity index (χ0v) is 11.2. The molecule has 1 rings (SSSR count). The fraction of sp³-hybridized carbons (Fsp3) is 0.600. The minimum absolute atomic E-state index is 0.0389. The zero-order chi connectivity index (χ0) is 13.4. The van der Waals surface area contributed by atoms with Crippen LogP contribution >= 0.6 is 0 Å². The summed E-state index contributed by atoms with van der Waals surface area (Å²) in [4.78, 5) is 7.55. The molecule has 0 atom stereocenters. The summed E-state index contributed by atoms with van der Waals surface area (Å²) in [5.41, 5.74) is 2.23. The van der Waals surface area contributed by atoms with E-state index in [0.29, 0.717) is 6.54 Å². The molecule has 0 aliphatic heterocycles. The third-order valence-electron chi connectivity index (χ3n) is 2.39. The van der Waals surface area contributed by atoms with Crippen LogP contribution in [0.4, 0.5) is 5.95 Å². The Kier molecular flexibility index (Phi) is 5.96. The minimum atomic E-state index is -3.52. The van der Waals surface area contributed by atoms with Gasteiger partial charge in [0.1, 0.15) is 4.90 Å². The van der Waals surface area contributed by atoms with Gasteiger partial charge >= 0.3 is 0 Å². The molecule has 0 fully saturated rings. The van der Waals surface area contributed by atoms with Gasteiger partial charge in [0.2, 0.25) is 16.0 Å². The number of aromatic nitrogens is 2. The number of nitrogen functional groups attached to an aromatic ring is 1. The average molecular weight is 273 g/mol. The van der Waals surface area contributed by atoms with Crippen molar-refractivity contribution in [1.82, 2.24) is 14.7 Å². The molecule has 8 heteroatoms. The Balaban J connectivity index is 2.51. The smallest absolute Gasteiger partial charge is 0.243 e. The van der Waals surface area contributed by atoms with Crippen LogP contribution in [-0.4, -0.2) is 24.9 Å². The van der Waals surface area contributed by atoms with Crippen molar-refractivity contribution in [2.75, 3.05) is 12.0 Å². The Bertz CT molecular complexity index is 446. The molecule has 0 bridgehead atoms. The standard InChI is InChI=1S/C10H19N5O2S/c1-2-3-4-5-6-14-18(16,17)9-7-12-10(15-11)13-8-9/h7-8,14H,2-6,11H2,1H3,(H,12,13,15). The average Bonchev–Trinajstić information content (AvgIpc) is 2.38. The summed E-state index contributed by atoms with van der Waals surface area (Å²) < 4.78 is 26.2. The highest BCUT2D eigenvalue weighted by Gasteiger charge is 2.14. The molecule has 0 radical (unpaired) electrons. The molecule has 7 nitrogen and oxygen atoms in total. The molecule has 1 aromatic rings. The Labute approximate surface area is 107 Å². The topological polar surface area (TPSA) is 110 Å². The molecular formula is C10H19N5O2S. The Morgan fingerprint density at radius 1 is 1.22 bits per heavy atom. The van der Waals surface area contributed by atoms with Gasteiger partial charge in [0.25, 0.3) is 0 Å². The summed E-state index contributed by atoms with van der Waals surface area (Å²) in [6.07, 6.45) is 6.52. The number of nitrogens with two attached hydrogens (primary N) is 1. The van der Waals surface area contributed by atoms with Crippen LogP contribution in [0, 0.1) is 0 Å². The number of anilines is 1. The Morgan fingerprint density at radius 3 is 2.44 bits per heavy atom. The van der Waals surface area contributed by atoms with E-state index < -0.39 is 10.0 Å². The summed E-state index contributed by atoms with van der Waals surface area (Å²) in [6, 6.07) is 0. The lowest BCUT2D eigenvalue weighted by Gasteiger charge is -2.06. The van der Waals surface area contributed by atoms with Crippen molar-refractivity contribution < 1.29 is 8.42 Å². The molecule has 0 aliphatic carbocycles. The first-order valence-corrected chi connectivity index (χ1v) is 7.37. The van der Waals surface area contributed by atoms with Crippen LogP contribution in [-0.2, 0) is 10.0 Å². The van der Waals surface area contributed by atoms with Crippen molar-refractivity contribution >= 4 is 16.0 Å². The number of rotatable bonds is 8. The molecule has 0 amide bonds. The molecule has 0 aromatic carbocycles. The molecule has 0 spiro atoms. The molecular weight excluding hydrogens is 254 g/mol. The van der Waals surface area contributed by atoms with E-state index in [1.807, 2.05) is 0 Å². The first-order chi connectivity index (χ1) is 8.60. The number of nitrogens with one attached hydrogen (secondary N) is 2. The summed E-state index contributed by atoms with van der Waals surface area (Å²) in [5, 5.41) is 0. The largest absolute Gasteiger partial charge is 0.292 e. The maximum Gasteiger partial charge on any atom is 0.243 e. The molecule has 0 saturated heterocycles.